The number of nitrogens with two attached hydrogens (primary N) is 1. The molecule has 1 aromatic rings. The molecule has 7 atom stereocenters. The van der Waals surface area contributed by atoms with E-state index in [1.807, 2.05) is 0 Å². The van der Waals surface area contributed by atoms with Gasteiger partial charge in [0, 0.05) is 35.2 Å². The minimum atomic E-state index is -2.66. The lowest BCUT2D eigenvalue weighted by molar-refractivity contribution is -0.148. The molecule has 11 nitrogen and oxygen atoms in total. The third kappa shape index (κ3) is 3.65. The van der Waals surface area contributed by atoms with Gasteiger partial charge < -0.3 is 30.9 Å². The number of carbonyl (C=O) groups is 3. The van der Waals surface area contributed by atoms with E-state index in [9.17, 15) is 34.8 Å². The fourth-order valence-corrected chi connectivity index (χ4v) is 8.28. The second-order valence-corrected chi connectivity index (χ2v) is 12.4. The summed E-state index contributed by atoms with van der Waals surface area (Å²) in [6, 6.07) is 0.614. The highest BCUT2D eigenvalue weighted by molar-refractivity contribution is 6.24. The second-order valence-electron chi connectivity index (χ2n) is 12.4. The van der Waals surface area contributed by atoms with Crippen molar-refractivity contribution in [2.45, 2.75) is 50.3 Å². The summed E-state index contributed by atoms with van der Waals surface area (Å²) in [6.45, 7) is 4.02. The zero-order chi connectivity index (χ0) is 29.7. The first-order chi connectivity index (χ1) is 19.4. The first-order valence-electron chi connectivity index (χ1n) is 14.2. The van der Waals surface area contributed by atoms with E-state index in [4.69, 9.17) is 10.5 Å². The first kappa shape index (κ1) is 27.7. The topological polar surface area (TPSA) is 174 Å². The minimum Gasteiger partial charge on any atom is -0.510 e. The summed E-state index contributed by atoms with van der Waals surface area (Å²) >= 11 is 0. The predicted molar refractivity (Wildman–Crippen MR) is 146 cm³/mol. The molecule has 6 rings (SSSR count). The number of primary amides is 1. The van der Waals surface area contributed by atoms with Crippen LogP contribution in [0.25, 0.3) is 0 Å². The van der Waals surface area contributed by atoms with Crippen LogP contribution in [0, 0.1) is 23.7 Å². The van der Waals surface area contributed by atoms with Crippen molar-refractivity contribution in [2.24, 2.45) is 29.4 Å². The lowest BCUT2D eigenvalue weighted by Crippen LogP contribution is -2.63. The van der Waals surface area contributed by atoms with Crippen molar-refractivity contribution < 1.29 is 39.5 Å². The number of allylic oxidation sites excluding steroid dienone is 1. The minimum absolute atomic E-state index is 0.0289. The van der Waals surface area contributed by atoms with Gasteiger partial charge in [0.2, 0.25) is 5.78 Å². The molecule has 1 amide bonds. The molecular weight excluding hydrogens is 530 g/mol. The number of benzene rings is 1. The van der Waals surface area contributed by atoms with Gasteiger partial charge in [-0.1, -0.05) is 6.92 Å². The molecule has 5 aliphatic rings. The van der Waals surface area contributed by atoms with Crippen molar-refractivity contribution in [1.29, 1.82) is 0 Å². The van der Waals surface area contributed by atoms with Gasteiger partial charge in [-0.15, -0.1) is 0 Å². The van der Waals surface area contributed by atoms with Crippen LogP contribution in [-0.4, -0.2) is 93.6 Å². The van der Waals surface area contributed by atoms with Crippen LogP contribution in [-0.2, 0) is 16.0 Å². The molecule has 2 fully saturated rings. The molecule has 1 saturated carbocycles. The van der Waals surface area contributed by atoms with E-state index < -0.39 is 58.0 Å². The number of aliphatic hydroxyl groups excluding tert-OH is 2. The highest BCUT2D eigenvalue weighted by Gasteiger charge is 2.63. The Morgan fingerprint density at radius 2 is 1.93 bits per heavy atom. The van der Waals surface area contributed by atoms with E-state index >= 15 is 0 Å². The van der Waals surface area contributed by atoms with Gasteiger partial charge in [0.15, 0.2) is 11.4 Å². The quantitative estimate of drug-likeness (QED) is 0.317. The normalized spacial score (nSPS) is 34.4. The van der Waals surface area contributed by atoms with Crippen LogP contribution in [0.4, 0.5) is 0 Å². The van der Waals surface area contributed by atoms with Crippen LogP contribution in [0.5, 0.6) is 11.5 Å². The van der Waals surface area contributed by atoms with E-state index in [-0.39, 0.29) is 35.8 Å². The third-order valence-corrected chi connectivity index (χ3v) is 9.98. The molecule has 1 aromatic carbocycles. The molecule has 41 heavy (non-hydrogen) atoms. The number of Topliss-reactive ketones (excluding diaryl/α,β-unsaturated/α-hetero) is 2. The molecule has 220 valence electrons. The maximum Gasteiger partial charge on any atom is 0.255 e. The molecule has 0 bridgehead atoms. The average molecular weight is 568 g/mol. The molecule has 0 spiro atoms. The van der Waals surface area contributed by atoms with Crippen molar-refractivity contribution in [3.05, 3.63) is 45.4 Å². The summed E-state index contributed by atoms with van der Waals surface area (Å²) in [5.74, 6) is -5.02. The molecule has 1 saturated heterocycles. The van der Waals surface area contributed by atoms with Crippen molar-refractivity contribution in [3.8, 4) is 11.5 Å². The number of ketones is 2. The van der Waals surface area contributed by atoms with Gasteiger partial charge in [0.05, 0.1) is 18.7 Å². The van der Waals surface area contributed by atoms with Crippen molar-refractivity contribution >= 4 is 17.5 Å². The highest BCUT2D eigenvalue weighted by atomic mass is 16.5. The lowest BCUT2D eigenvalue weighted by atomic mass is 9.58. The van der Waals surface area contributed by atoms with E-state index in [1.54, 1.807) is 27.3 Å². The average Bonchev–Trinajstić information content (AvgIpc) is 3.56. The highest BCUT2D eigenvalue weighted by Crippen LogP contribution is 2.60. The van der Waals surface area contributed by atoms with Crippen LogP contribution in [0.15, 0.2) is 28.7 Å². The number of hydrogen-bond donors (Lipinski definition) is 5. The van der Waals surface area contributed by atoms with Gasteiger partial charge in [0.1, 0.15) is 28.6 Å². The van der Waals surface area contributed by atoms with Crippen LogP contribution < -0.4 is 10.5 Å². The number of ether oxygens (including phenoxy) is 1. The summed E-state index contributed by atoms with van der Waals surface area (Å²) in [5.41, 5.74) is 3.08. The molecule has 1 heterocycles. The predicted octanol–water partition coefficient (Wildman–Crippen LogP) is 1.53. The Morgan fingerprint density at radius 3 is 2.54 bits per heavy atom. The van der Waals surface area contributed by atoms with E-state index in [0.717, 1.165) is 31.5 Å². The smallest absolute Gasteiger partial charge is 0.255 e. The number of nitrogens with zero attached hydrogens (tertiary/aromatic N) is 2. The molecule has 0 aromatic heterocycles. The lowest BCUT2D eigenvalue weighted by Gasteiger charge is -2.50. The summed E-state index contributed by atoms with van der Waals surface area (Å²) in [6.07, 6.45) is 2.33. The standard InChI is InChI=1S/C30H37N3O8/c1-5-6-33-11-13-8-14(13)22(33)16-10-18(34)20-15(26(16)41-4)7-12-9-17-23(32(2)3)25(36)21(29(31)39)28(38)30(17,40)27(37)19(12)24(20)35/h10,12-14,17,22-23,34,36-37,40H,5-9,11H2,1-4H3,(H2,31,39)/t12-,13?,14?,17-,22?,23-,30-/m0/s1. The number of rotatable bonds is 6. The number of aliphatic hydroxyl groups is 3. The molecular formula is C30H37N3O8. The number of hydrogen-bond acceptors (Lipinski definition) is 10. The Hall–Kier alpha value is -3.41. The van der Waals surface area contributed by atoms with E-state index in [1.165, 1.54) is 4.90 Å². The monoisotopic (exact) mass is 567 g/mol. The summed E-state index contributed by atoms with van der Waals surface area (Å²) in [4.78, 5) is 43.6. The van der Waals surface area contributed by atoms with Gasteiger partial charge in [0.25, 0.3) is 5.91 Å². The van der Waals surface area contributed by atoms with Gasteiger partial charge in [-0.3, -0.25) is 24.2 Å². The number of amides is 1. The zero-order valence-electron chi connectivity index (χ0n) is 23.7. The van der Waals surface area contributed by atoms with Gasteiger partial charge in [-0.25, -0.2) is 0 Å². The third-order valence-electron chi connectivity index (χ3n) is 9.98. The summed E-state index contributed by atoms with van der Waals surface area (Å²) in [5, 5.41) is 45.5. The Balaban J connectivity index is 1.50. The number of carbonyl (C=O) groups excluding carboxylic acids is 3. The van der Waals surface area contributed by atoms with E-state index in [0.29, 0.717) is 23.1 Å². The Morgan fingerprint density at radius 1 is 1.22 bits per heavy atom. The van der Waals surface area contributed by atoms with Crippen LogP contribution >= 0.6 is 0 Å². The Labute approximate surface area is 237 Å². The zero-order valence-corrected chi connectivity index (χ0v) is 23.7. The van der Waals surface area contributed by atoms with Crippen molar-refractivity contribution in [3.63, 3.8) is 0 Å². The van der Waals surface area contributed by atoms with Gasteiger partial charge in [-0.05, 0) is 70.1 Å². The van der Waals surface area contributed by atoms with Crippen LogP contribution in [0.2, 0.25) is 0 Å². The first-order valence-corrected chi connectivity index (χ1v) is 14.2. The fraction of sp³-hybridized carbons (Fsp3) is 0.567. The molecule has 3 unspecified atom stereocenters. The SMILES string of the molecule is CCCN1CC2CC2C1c1cc(O)c2c(c1OC)C[C@H]1C[C@H]3[C@H](N(C)C)C(O)=C(C(N)=O)C(=O)[C@@]3(O)C(O)=C1C2=O. The maximum atomic E-state index is 14.0. The number of phenols is 1. The molecule has 11 heteroatoms. The van der Waals surface area contributed by atoms with Gasteiger partial charge >= 0.3 is 0 Å². The van der Waals surface area contributed by atoms with E-state index in [2.05, 4.69) is 11.8 Å². The maximum absolute atomic E-state index is 14.0. The number of likely N-dealkylation sites (tertiary alicyclic amines) is 1. The number of methoxy groups -OCH3 is 1. The molecule has 6 N–H and O–H groups in total. The number of fused-ring (bicyclic) bond motifs is 4. The van der Waals surface area contributed by atoms with Crippen LogP contribution in [0.1, 0.15) is 53.7 Å². The van der Waals surface area contributed by atoms with Gasteiger partial charge in [-0.2, -0.15) is 0 Å². The largest absolute Gasteiger partial charge is 0.510 e. The number of aromatic hydroxyl groups is 1. The summed E-state index contributed by atoms with van der Waals surface area (Å²) in [7, 11) is 4.76. The number of phenolic OH excluding ortho intramolecular Hbond substituents is 1. The Kier molecular flexibility index (Phi) is 6.29. The molecule has 0 radical (unpaired) electrons. The number of piperidine rings is 1. The van der Waals surface area contributed by atoms with Crippen molar-refractivity contribution in [2.75, 3.05) is 34.3 Å². The fourth-order valence-electron chi connectivity index (χ4n) is 8.28. The molecule has 1 aliphatic heterocycles. The molecule has 4 aliphatic carbocycles. The Bertz CT molecular complexity index is 1450. The number of likely N-dealkylation sites (N-methyl/N-ethyl adjacent to an activating group) is 1. The van der Waals surface area contributed by atoms with Crippen molar-refractivity contribution in [1.82, 2.24) is 9.80 Å². The summed E-state index contributed by atoms with van der Waals surface area (Å²) < 4.78 is 5.94. The second kappa shape index (κ2) is 9.30. The van der Waals surface area contributed by atoms with Crippen LogP contribution in [0.3, 0.4) is 0 Å².